The summed E-state index contributed by atoms with van der Waals surface area (Å²) in [6.45, 7) is -2.67. The number of hydrogen-bond donors (Lipinski definition) is 0. The van der Waals surface area contributed by atoms with Crippen molar-refractivity contribution < 1.29 is 27.0 Å². The molecule has 1 atom stereocenters. The van der Waals surface area contributed by atoms with Crippen molar-refractivity contribution in [2.24, 2.45) is 0 Å². The molecule has 2 heterocycles. The topological polar surface area (TPSA) is 44.2 Å². The van der Waals surface area contributed by atoms with Gasteiger partial charge in [-0.1, -0.05) is 24.8 Å². The predicted octanol–water partition coefficient (Wildman–Crippen LogP) is 5.70. The van der Waals surface area contributed by atoms with Crippen molar-refractivity contribution in [1.29, 1.82) is 0 Å². The van der Waals surface area contributed by atoms with Crippen LogP contribution >= 0.6 is 0 Å². The lowest BCUT2D eigenvalue weighted by molar-refractivity contribution is -0.0692. The highest BCUT2D eigenvalue weighted by molar-refractivity contribution is 5.48. The summed E-state index contributed by atoms with van der Waals surface area (Å²) in [5.41, 5.74) is 2.99. The first-order valence-electron chi connectivity index (χ1n) is 8.97. The number of hydrogen-bond acceptors (Lipinski definition) is 4. The minimum atomic E-state index is -3.19. The molecule has 0 N–H and O–H groups in total. The second-order valence-electron chi connectivity index (χ2n) is 6.30. The quantitative estimate of drug-likeness (QED) is 0.419. The van der Waals surface area contributed by atoms with E-state index < -0.39 is 24.7 Å². The first kappa shape index (κ1) is 21.3. The van der Waals surface area contributed by atoms with Gasteiger partial charge in [0.25, 0.3) is 0 Å². The standard InChI is InChI=1S/C22H18F4N2O2/c1-2-14-3-5-18(28-13-14)17(11-15-7-9-27-10-8-15)16-4-6-19(29-21(23)24)20(12-16)30-22(25)26/h2-10,12-13,17,21-22H,1,11H2. The van der Waals surface area contributed by atoms with Crippen LogP contribution in [-0.2, 0) is 6.42 Å². The fraction of sp³-hybridized carbons (Fsp3) is 0.182. The van der Waals surface area contributed by atoms with E-state index in [4.69, 9.17) is 0 Å². The number of pyridine rings is 2. The Balaban J connectivity index is 2.03. The van der Waals surface area contributed by atoms with E-state index in [0.717, 1.165) is 11.1 Å². The van der Waals surface area contributed by atoms with Gasteiger partial charge in [-0.15, -0.1) is 0 Å². The highest BCUT2D eigenvalue weighted by Gasteiger charge is 2.21. The minimum Gasteiger partial charge on any atom is -0.431 e. The SMILES string of the molecule is C=Cc1ccc(C(Cc2ccncc2)c2ccc(OC(F)F)c(OC(F)F)c2)nc1. The van der Waals surface area contributed by atoms with Gasteiger partial charge in [0, 0.05) is 30.2 Å². The third kappa shape index (κ3) is 5.56. The number of rotatable bonds is 9. The van der Waals surface area contributed by atoms with Gasteiger partial charge in [0.2, 0.25) is 0 Å². The molecule has 1 unspecified atom stereocenters. The van der Waals surface area contributed by atoms with E-state index in [1.54, 1.807) is 30.7 Å². The lowest BCUT2D eigenvalue weighted by Gasteiger charge is -2.20. The molecule has 0 aliphatic rings. The van der Waals surface area contributed by atoms with E-state index in [-0.39, 0.29) is 5.92 Å². The maximum Gasteiger partial charge on any atom is 0.387 e. The van der Waals surface area contributed by atoms with Crippen LogP contribution in [0.4, 0.5) is 17.6 Å². The van der Waals surface area contributed by atoms with Crippen molar-refractivity contribution in [3.8, 4) is 11.5 Å². The average molecular weight is 418 g/mol. The first-order chi connectivity index (χ1) is 14.5. The third-order valence-corrected chi connectivity index (χ3v) is 4.39. The Bertz CT molecular complexity index is 967. The second kappa shape index (κ2) is 9.87. The zero-order valence-electron chi connectivity index (χ0n) is 15.7. The second-order valence-corrected chi connectivity index (χ2v) is 6.30. The highest BCUT2D eigenvalue weighted by atomic mass is 19.3. The summed E-state index contributed by atoms with van der Waals surface area (Å²) in [7, 11) is 0. The molecule has 3 aromatic rings. The molecule has 8 heteroatoms. The van der Waals surface area contributed by atoms with Crippen molar-refractivity contribution in [2.45, 2.75) is 25.6 Å². The summed E-state index contributed by atoms with van der Waals surface area (Å²) in [6, 6.07) is 11.3. The van der Waals surface area contributed by atoms with Crippen LogP contribution in [-0.4, -0.2) is 23.2 Å². The van der Waals surface area contributed by atoms with E-state index in [0.29, 0.717) is 17.7 Å². The van der Waals surface area contributed by atoms with Gasteiger partial charge < -0.3 is 9.47 Å². The number of nitrogens with zero attached hydrogens (tertiary/aromatic N) is 2. The summed E-state index contributed by atoms with van der Waals surface area (Å²) in [4.78, 5) is 8.45. The fourth-order valence-electron chi connectivity index (χ4n) is 3.01. The maximum atomic E-state index is 12.8. The summed E-state index contributed by atoms with van der Waals surface area (Å²) < 4.78 is 59.7. The van der Waals surface area contributed by atoms with Crippen molar-refractivity contribution in [1.82, 2.24) is 9.97 Å². The molecule has 0 saturated heterocycles. The van der Waals surface area contributed by atoms with Crippen LogP contribution in [0.3, 0.4) is 0 Å². The summed E-state index contributed by atoms with van der Waals surface area (Å²) >= 11 is 0. The molecule has 4 nitrogen and oxygen atoms in total. The molecule has 0 amide bonds. The van der Waals surface area contributed by atoms with Crippen molar-refractivity contribution in [3.63, 3.8) is 0 Å². The van der Waals surface area contributed by atoms with Crippen LogP contribution in [0.15, 0.2) is 67.6 Å². The normalized spacial score (nSPS) is 12.1. The van der Waals surface area contributed by atoms with Gasteiger partial charge in [0.15, 0.2) is 11.5 Å². The molecule has 30 heavy (non-hydrogen) atoms. The molecule has 0 aliphatic carbocycles. The number of halogens is 4. The molecule has 2 aromatic heterocycles. The number of benzene rings is 1. The van der Waals surface area contributed by atoms with Gasteiger partial charge in [-0.25, -0.2) is 0 Å². The van der Waals surface area contributed by atoms with E-state index in [1.165, 1.54) is 18.2 Å². The maximum absolute atomic E-state index is 12.8. The molecular weight excluding hydrogens is 400 g/mol. The third-order valence-electron chi connectivity index (χ3n) is 4.39. The van der Waals surface area contributed by atoms with Gasteiger partial charge >= 0.3 is 13.2 Å². The Labute approximate surface area is 170 Å². The zero-order valence-corrected chi connectivity index (χ0v) is 15.7. The van der Waals surface area contributed by atoms with Crippen LogP contribution in [0.25, 0.3) is 6.08 Å². The fourth-order valence-corrected chi connectivity index (χ4v) is 3.01. The predicted molar refractivity (Wildman–Crippen MR) is 104 cm³/mol. The Hall–Kier alpha value is -3.42. The summed E-state index contributed by atoms with van der Waals surface area (Å²) in [5, 5.41) is 0. The largest absolute Gasteiger partial charge is 0.431 e. The van der Waals surface area contributed by atoms with E-state index in [2.05, 4.69) is 26.0 Å². The van der Waals surface area contributed by atoms with E-state index >= 15 is 0 Å². The Kier molecular flexibility index (Phi) is 7.00. The van der Waals surface area contributed by atoms with Gasteiger partial charge in [-0.2, -0.15) is 17.6 Å². The molecule has 0 radical (unpaired) electrons. The molecule has 3 rings (SSSR count). The van der Waals surface area contributed by atoms with Gasteiger partial charge in [-0.3, -0.25) is 9.97 Å². The molecule has 0 fully saturated rings. The molecule has 0 aliphatic heterocycles. The summed E-state index contributed by atoms with van der Waals surface area (Å²) in [5.74, 6) is -1.29. The lowest BCUT2D eigenvalue weighted by atomic mass is 9.88. The van der Waals surface area contributed by atoms with Crippen LogP contribution < -0.4 is 9.47 Å². The number of aromatic nitrogens is 2. The number of ether oxygens (including phenoxy) is 2. The molecule has 0 bridgehead atoms. The number of alkyl halides is 4. The Morgan fingerprint density at radius 3 is 2.20 bits per heavy atom. The van der Waals surface area contributed by atoms with Crippen LogP contribution in [0, 0.1) is 0 Å². The molecule has 1 aromatic carbocycles. The average Bonchev–Trinajstić information content (AvgIpc) is 2.73. The van der Waals surface area contributed by atoms with Crippen molar-refractivity contribution in [3.05, 3.63) is 90.0 Å². The van der Waals surface area contributed by atoms with Crippen molar-refractivity contribution in [2.75, 3.05) is 0 Å². The van der Waals surface area contributed by atoms with E-state index in [1.807, 2.05) is 18.2 Å². The zero-order chi connectivity index (χ0) is 21.5. The van der Waals surface area contributed by atoms with Crippen LogP contribution in [0.5, 0.6) is 11.5 Å². The monoisotopic (exact) mass is 418 g/mol. The molecule has 0 spiro atoms. The van der Waals surface area contributed by atoms with Crippen LogP contribution in [0.1, 0.15) is 28.3 Å². The van der Waals surface area contributed by atoms with Crippen molar-refractivity contribution >= 4 is 6.08 Å². The molecular formula is C22H18F4N2O2. The Morgan fingerprint density at radius 2 is 1.60 bits per heavy atom. The van der Waals surface area contributed by atoms with Gasteiger partial charge in [-0.05, 0) is 53.4 Å². The smallest absolute Gasteiger partial charge is 0.387 e. The minimum absolute atomic E-state index is 0.355. The Morgan fingerprint density at radius 1 is 0.900 bits per heavy atom. The van der Waals surface area contributed by atoms with Crippen LogP contribution in [0.2, 0.25) is 0 Å². The summed E-state index contributed by atoms with van der Waals surface area (Å²) in [6.07, 6.45) is 7.07. The lowest BCUT2D eigenvalue weighted by Crippen LogP contribution is -2.11. The van der Waals surface area contributed by atoms with E-state index in [9.17, 15) is 17.6 Å². The van der Waals surface area contributed by atoms with Gasteiger partial charge in [0.1, 0.15) is 0 Å². The molecule has 0 saturated carbocycles. The van der Waals surface area contributed by atoms with Gasteiger partial charge in [0.05, 0.1) is 0 Å². The highest BCUT2D eigenvalue weighted by Crippen LogP contribution is 2.36. The molecule has 156 valence electrons. The first-order valence-corrected chi connectivity index (χ1v) is 8.97.